The highest BCUT2D eigenvalue weighted by molar-refractivity contribution is 6.06. The number of aromatic nitrogens is 1. The molecular weight excluding hydrogens is 506 g/mol. The molecule has 0 radical (unpaired) electrons. The van der Waals surface area contributed by atoms with Gasteiger partial charge in [0.2, 0.25) is 5.88 Å². The molecule has 2 heterocycles. The van der Waals surface area contributed by atoms with Crippen LogP contribution < -0.4 is 10.1 Å². The van der Waals surface area contributed by atoms with Crippen LogP contribution >= 0.6 is 0 Å². The Bertz CT molecular complexity index is 1620. The molecule has 4 aromatic carbocycles. The van der Waals surface area contributed by atoms with Gasteiger partial charge >= 0.3 is 0 Å². The lowest BCUT2D eigenvalue weighted by atomic mass is 9.96. The fourth-order valence-electron chi connectivity index (χ4n) is 5.79. The lowest BCUT2D eigenvalue weighted by molar-refractivity contribution is 0.0935. The van der Waals surface area contributed by atoms with Crippen molar-refractivity contribution in [3.63, 3.8) is 0 Å². The Balaban J connectivity index is 1.27. The average molecular weight is 542 g/mol. The van der Waals surface area contributed by atoms with Crippen molar-refractivity contribution in [2.75, 3.05) is 13.2 Å². The molecule has 6 rings (SSSR count). The Labute approximate surface area is 241 Å². The van der Waals surface area contributed by atoms with Crippen molar-refractivity contribution in [2.24, 2.45) is 0 Å². The normalized spacial score (nSPS) is 14.7. The molecule has 1 amide bonds. The fraction of sp³-hybridized carbons (Fsp3) is 0.222. The lowest BCUT2D eigenvalue weighted by Gasteiger charge is -2.35. The van der Waals surface area contributed by atoms with Crippen LogP contribution in [0.2, 0.25) is 0 Å². The number of rotatable bonds is 9. The predicted molar refractivity (Wildman–Crippen MR) is 164 cm³/mol. The number of fused-ring (bicyclic) bond motifs is 2. The van der Waals surface area contributed by atoms with E-state index in [-0.39, 0.29) is 18.0 Å². The molecule has 1 aliphatic rings. The van der Waals surface area contributed by atoms with Crippen molar-refractivity contribution >= 4 is 16.8 Å². The lowest BCUT2D eigenvalue weighted by Crippen LogP contribution is -2.37. The Morgan fingerprint density at radius 3 is 2.27 bits per heavy atom. The zero-order valence-electron chi connectivity index (χ0n) is 23.4. The molecule has 0 saturated heterocycles. The van der Waals surface area contributed by atoms with Gasteiger partial charge in [-0.25, -0.2) is 4.98 Å². The van der Waals surface area contributed by atoms with Crippen molar-refractivity contribution in [3.8, 4) is 5.88 Å². The van der Waals surface area contributed by atoms with Gasteiger partial charge in [0.05, 0.1) is 23.2 Å². The second kappa shape index (κ2) is 12.4. The summed E-state index contributed by atoms with van der Waals surface area (Å²) in [6.07, 6.45) is 1.80. The summed E-state index contributed by atoms with van der Waals surface area (Å²) in [5, 5.41) is 4.05. The number of ether oxygens (including phenoxy) is 1. The van der Waals surface area contributed by atoms with Gasteiger partial charge in [-0.3, -0.25) is 9.69 Å². The molecule has 2 unspecified atom stereocenters. The standard InChI is InChI=1S/C36H35N3O2/c1-2-32(27-14-5-3-6-15-27)38-36(40)31-23-35(37-33-20-12-11-19-30(31)33)41-25-34(28-16-7-4-8-17-28)39-22-21-26-13-9-10-18-29(26)24-39/h3-20,23,32,34H,2,21-22,24-25H2,1H3,(H,38,40). The molecule has 1 aromatic heterocycles. The van der Waals surface area contributed by atoms with E-state index < -0.39 is 0 Å². The number of para-hydroxylation sites is 1. The minimum Gasteiger partial charge on any atom is -0.476 e. The first-order valence-electron chi connectivity index (χ1n) is 14.4. The monoisotopic (exact) mass is 541 g/mol. The third kappa shape index (κ3) is 6.01. The van der Waals surface area contributed by atoms with E-state index in [0.29, 0.717) is 18.1 Å². The molecule has 0 bridgehead atoms. The van der Waals surface area contributed by atoms with Crippen LogP contribution in [0.5, 0.6) is 5.88 Å². The summed E-state index contributed by atoms with van der Waals surface area (Å²) >= 11 is 0. The Kier molecular flexibility index (Phi) is 8.06. The molecule has 5 nitrogen and oxygen atoms in total. The first-order chi connectivity index (χ1) is 20.2. The number of hydrogen-bond donors (Lipinski definition) is 1. The Morgan fingerprint density at radius 2 is 1.51 bits per heavy atom. The summed E-state index contributed by atoms with van der Waals surface area (Å²) in [6.45, 7) is 4.34. The van der Waals surface area contributed by atoms with E-state index in [9.17, 15) is 4.79 Å². The van der Waals surface area contributed by atoms with Crippen LogP contribution in [0.1, 0.15) is 58.0 Å². The molecule has 0 aliphatic carbocycles. The van der Waals surface area contributed by atoms with Gasteiger partial charge in [-0.15, -0.1) is 0 Å². The second-order valence-corrected chi connectivity index (χ2v) is 10.6. The molecule has 41 heavy (non-hydrogen) atoms. The fourth-order valence-corrected chi connectivity index (χ4v) is 5.79. The molecule has 0 fully saturated rings. The van der Waals surface area contributed by atoms with Crippen molar-refractivity contribution in [2.45, 2.75) is 38.4 Å². The average Bonchev–Trinajstić information content (AvgIpc) is 3.04. The number of carbonyl (C=O) groups is 1. The Morgan fingerprint density at radius 1 is 0.854 bits per heavy atom. The minimum absolute atomic E-state index is 0.0534. The highest BCUT2D eigenvalue weighted by Gasteiger charge is 2.26. The number of amides is 1. The first kappa shape index (κ1) is 26.7. The van der Waals surface area contributed by atoms with E-state index in [4.69, 9.17) is 9.72 Å². The van der Waals surface area contributed by atoms with Crippen LogP contribution in [-0.4, -0.2) is 28.9 Å². The number of nitrogens with zero attached hydrogens (tertiary/aromatic N) is 2. The van der Waals surface area contributed by atoms with E-state index in [1.54, 1.807) is 6.07 Å². The molecular formula is C36H35N3O2. The van der Waals surface area contributed by atoms with Gasteiger partial charge in [0, 0.05) is 24.5 Å². The summed E-state index contributed by atoms with van der Waals surface area (Å²) in [7, 11) is 0. The number of hydrogen-bond acceptors (Lipinski definition) is 4. The highest BCUT2D eigenvalue weighted by atomic mass is 16.5. The summed E-state index contributed by atoms with van der Waals surface area (Å²) in [5.41, 5.74) is 6.40. The number of carbonyl (C=O) groups excluding carboxylic acids is 1. The minimum atomic E-state index is -0.128. The molecule has 206 valence electrons. The maximum Gasteiger partial charge on any atom is 0.252 e. The van der Waals surface area contributed by atoms with Gasteiger partial charge < -0.3 is 10.1 Å². The van der Waals surface area contributed by atoms with E-state index in [1.165, 1.54) is 16.7 Å². The molecule has 0 saturated carbocycles. The van der Waals surface area contributed by atoms with Crippen molar-refractivity contribution < 1.29 is 9.53 Å². The van der Waals surface area contributed by atoms with Gasteiger partial charge in [0.25, 0.3) is 5.91 Å². The second-order valence-electron chi connectivity index (χ2n) is 10.6. The van der Waals surface area contributed by atoms with Crippen LogP contribution in [0.25, 0.3) is 10.9 Å². The van der Waals surface area contributed by atoms with Crippen LogP contribution in [0.3, 0.4) is 0 Å². The smallest absolute Gasteiger partial charge is 0.252 e. The van der Waals surface area contributed by atoms with Crippen LogP contribution in [0.4, 0.5) is 0 Å². The number of nitrogens with one attached hydrogen (secondary N) is 1. The van der Waals surface area contributed by atoms with Gasteiger partial charge in [0.15, 0.2) is 0 Å². The predicted octanol–water partition coefficient (Wildman–Crippen LogP) is 7.29. The zero-order chi connectivity index (χ0) is 28.0. The molecule has 5 heteroatoms. The SMILES string of the molecule is CCC(NC(=O)c1cc(OCC(c2ccccc2)N2CCc3ccccc3C2)nc2ccccc12)c1ccccc1. The summed E-state index contributed by atoms with van der Waals surface area (Å²) in [5.74, 6) is 0.330. The van der Waals surface area contributed by atoms with Crippen molar-refractivity contribution in [1.82, 2.24) is 15.2 Å². The van der Waals surface area contributed by atoms with Crippen molar-refractivity contribution in [3.05, 3.63) is 143 Å². The van der Waals surface area contributed by atoms with E-state index in [2.05, 4.69) is 77.8 Å². The van der Waals surface area contributed by atoms with Gasteiger partial charge in [-0.05, 0) is 41.2 Å². The molecule has 1 aliphatic heterocycles. The summed E-state index contributed by atoms with van der Waals surface area (Å²) < 4.78 is 6.45. The Hall–Kier alpha value is -4.48. The van der Waals surface area contributed by atoms with Crippen molar-refractivity contribution in [1.29, 1.82) is 0 Å². The topological polar surface area (TPSA) is 54.5 Å². The number of benzene rings is 4. The summed E-state index contributed by atoms with van der Waals surface area (Å²) in [4.78, 5) is 21.0. The van der Waals surface area contributed by atoms with E-state index >= 15 is 0 Å². The first-order valence-corrected chi connectivity index (χ1v) is 14.4. The maximum absolute atomic E-state index is 13.7. The molecule has 2 atom stereocenters. The van der Waals surface area contributed by atoms with Crippen LogP contribution in [0, 0.1) is 0 Å². The largest absolute Gasteiger partial charge is 0.476 e. The third-order valence-electron chi connectivity index (χ3n) is 8.03. The molecule has 1 N–H and O–H groups in total. The third-order valence-corrected chi connectivity index (χ3v) is 8.03. The molecule has 5 aromatic rings. The quantitative estimate of drug-likeness (QED) is 0.213. The number of pyridine rings is 1. The zero-order valence-corrected chi connectivity index (χ0v) is 23.4. The van der Waals surface area contributed by atoms with Gasteiger partial charge in [-0.1, -0.05) is 110 Å². The van der Waals surface area contributed by atoms with E-state index in [1.807, 2.05) is 48.5 Å². The van der Waals surface area contributed by atoms with E-state index in [0.717, 1.165) is 42.4 Å². The molecule has 0 spiro atoms. The van der Waals surface area contributed by atoms with Crippen LogP contribution in [0.15, 0.2) is 115 Å². The highest BCUT2D eigenvalue weighted by Crippen LogP contribution is 2.30. The summed E-state index contributed by atoms with van der Waals surface area (Å²) in [6, 6.07) is 38.8. The van der Waals surface area contributed by atoms with Crippen LogP contribution in [-0.2, 0) is 13.0 Å². The maximum atomic E-state index is 13.7. The van der Waals surface area contributed by atoms with Gasteiger partial charge in [0.1, 0.15) is 6.61 Å². The van der Waals surface area contributed by atoms with Gasteiger partial charge in [-0.2, -0.15) is 0 Å².